The first-order chi connectivity index (χ1) is 8.50. The minimum Gasteiger partial charge on any atom is -0.508 e. The summed E-state index contributed by atoms with van der Waals surface area (Å²) in [4.78, 5) is 20.4. The molecule has 6 nitrogen and oxygen atoms in total. The van der Waals surface area contributed by atoms with Gasteiger partial charge in [0.05, 0.1) is 5.56 Å². The van der Waals surface area contributed by atoms with E-state index in [4.69, 9.17) is 15.3 Å². The van der Waals surface area contributed by atoms with Crippen molar-refractivity contribution in [3.05, 3.63) is 29.8 Å². The molecule has 1 aromatic carbocycles. The quantitative estimate of drug-likeness (QED) is 0.624. The van der Waals surface area contributed by atoms with E-state index in [1.54, 1.807) is 0 Å². The van der Waals surface area contributed by atoms with Crippen molar-refractivity contribution in [1.82, 2.24) is 5.32 Å². The third kappa shape index (κ3) is 4.42. The Balaban J connectivity index is 0.000000184. The molecule has 1 unspecified atom stereocenters. The predicted molar refractivity (Wildman–Crippen MR) is 63.7 cm³/mol. The summed E-state index contributed by atoms with van der Waals surface area (Å²) in [6, 6.07) is 5.25. The Morgan fingerprint density at radius 3 is 2.33 bits per heavy atom. The number of aromatic carboxylic acids is 1. The zero-order chi connectivity index (χ0) is 13.5. The first-order valence-corrected chi connectivity index (χ1v) is 5.49. The molecular formula is C12H15NO5. The first kappa shape index (κ1) is 14.0. The lowest BCUT2D eigenvalue weighted by Gasteiger charge is -1.99. The smallest absolute Gasteiger partial charge is 0.335 e. The first-order valence-electron chi connectivity index (χ1n) is 5.49. The van der Waals surface area contributed by atoms with Crippen LogP contribution in [0.4, 0.5) is 0 Å². The van der Waals surface area contributed by atoms with E-state index >= 15 is 0 Å². The zero-order valence-corrected chi connectivity index (χ0v) is 9.67. The van der Waals surface area contributed by atoms with Crippen molar-refractivity contribution in [3.8, 4) is 5.75 Å². The molecule has 0 amide bonds. The number of carboxylic acids is 2. The molecule has 1 heterocycles. The molecule has 1 atom stereocenters. The Bertz CT molecular complexity index is 426. The van der Waals surface area contributed by atoms with Crippen molar-refractivity contribution in [2.24, 2.45) is 0 Å². The molecule has 1 aliphatic rings. The van der Waals surface area contributed by atoms with E-state index in [9.17, 15) is 9.59 Å². The second-order valence-electron chi connectivity index (χ2n) is 3.84. The van der Waals surface area contributed by atoms with Gasteiger partial charge in [-0.15, -0.1) is 0 Å². The predicted octanol–water partition coefficient (Wildman–Crippen LogP) is 0.913. The van der Waals surface area contributed by atoms with Crippen LogP contribution in [0.25, 0.3) is 0 Å². The van der Waals surface area contributed by atoms with Gasteiger partial charge in [-0.2, -0.15) is 0 Å². The summed E-state index contributed by atoms with van der Waals surface area (Å²) in [5, 5.41) is 28.4. The average Bonchev–Trinajstić information content (AvgIpc) is 2.83. The molecule has 0 aliphatic carbocycles. The third-order valence-corrected chi connectivity index (χ3v) is 2.45. The van der Waals surface area contributed by atoms with Gasteiger partial charge in [0, 0.05) is 0 Å². The fourth-order valence-electron chi connectivity index (χ4n) is 1.53. The van der Waals surface area contributed by atoms with E-state index in [1.807, 2.05) is 0 Å². The van der Waals surface area contributed by atoms with Gasteiger partial charge in [0.15, 0.2) is 0 Å². The van der Waals surface area contributed by atoms with Crippen molar-refractivity contribution < 1.29 is 24.9 Å². The van der Waals surface area contributed by atoms with E-state index in [1.165, 1.54) is 24.3 Å². The molecule has 2 rings (SSSR count). The maximum absolute atomic E-state index is 10.2. The molecular weight excluding hydrogens is 238 g/mol. The van der Waals surface area contributed by atoms with Crippen molar-refractivity contribution in [2.75, 3.05) is 6.54 Å². The van der Waals surface area contributed by atoms with Gasteiger partial charge < -0.3 is 20.6 Å². The van der Waals surface area contributed by atoms with Crippen molar-refractivity contribution in [1.29, 1.82) is 0 Å². The van der Waals surface area contributed by atoms with Crippen LogP contribution >= 0.6 is 0 Å². The highest BCUT2D eigenvalue weighted by Gasteiger charge is 2.20. The number of rotatable bonds is 2. The molecule has 4 N–H and O–H groups in total. The van der Waals surface area contributed by atoms with E-state index in [0.717, 1.165) is 19.4 Å². The Hall–Kier alpha value is -2.08. The number of aliphatic carboxylic acids is 1. The highest BCUT2D eigenvalue weighted by atomic mass is 16.4. The van der Waals surface area contributed by atoms with E-state index < -0.39 is 11.9 Å². The average molecular weight is 253 g/mol. The highest BCUT2D eigenvalue weighted by Crippen LogP contribution is 2.09. The molecule has 1 fully saturated rings. The molecule has 0 radical (unpaired) electrons. The van der Waals surface area contributed by atoms with E-state index in [-0.39, 0.29) is 17.4 Å². The topological polar surface area (TPSA) is 107 Å². The zero-order valence-electron chi connectivity index (χ0n) is 9.67. The Labute approximate surface area is 104 Å². The van der Waals surface area contributed by atoms with Crippen LogP contribution in [0, 0.1) is 0 Å². The largest absolute Gasteiger partial charge is 0.508 e. The molecule has 1 aliphatic heterocycles. The lowest BCUT2D eigenvalue weighted by Crippen LogP contribution is -2.29. The van der Waals surface area contributed by atoms with Crippen molar-refractivity contribution in [2.45, 2.75) is 18.9 Å². The number of phenols is 1. The molecule has 0 aromatic heterocycles. The monoisotopic (exact) mass is 253 g/mol. The van der Waals surface area contributed by atoms with Crippen LogP contribution in [0.5, 0.6) is 5.75 Å². The Kier molecular flexibility index (Phi) is 5.13. The SMILES string of the molecule is O=C(O)C1CCCN1.O=C(O)c1cccc(O)c1. The van der Waals surface area contributed by atoms with Crippen LogP contribution < -0.4 is 5.32 Å². The maximum atomic E-state index is 10.2. The number of benzene rings is 1. The van der Waals surface area contributed by atoms with Crippen LogP contribution in [0.2, 0.25) is 0 Å². The van der Waals surface area contributed by atoms with E-state index in [2.05, 4.69) is 5.32 Å². The summed E-state index contributed by atoms with van der Waals surface area (Å²) >= 11 is 0. The number of hydrogen-bond acceptors (Lipinski definition) is 4. The van der Waals surface area contributed by atoms with Gasteiger partial charge >= 0.3 is 11.9 Å². The molecule has 0 saturated carbocycles. The number of nitrogens with one attached hydrogen (secondary N) is 1. The number of phenolic OH excluding ortho intramolecular Hbond substituents is 1. The molecule has 0 bridgehead atoms. The van der Waals surface area contributed by atoms with Gasteiger partial charge in [-0.25, -0.2) is 4.79 Å². The van der Waals surface area contributed by atoms with E-state index in [0.29, 0.717) is 0 Å². The lowest BCUT2D eigenvalue weighted by molar-refractivity contribution is -0.139. The van der Waals surface area contributed by atoms with Crippen LogP contribution in [0.3, 0.4) is 0 Å². The second-order valence-corrected chi connectivity index (χ2v) is 3.84. The number of carboxylic acid groups (broad SMARTS) is 2. The van der Waals surface area contributed by atoms with Gasteiger partial charge in [0.1, 0.15) is 11.8 Å². The number of carbonyl (C=O) groups is 2. The fourth-order valence-corrected chi connectivity index (χ4v) is 1.53. The summed E-state index contributed by atoms with van der Waals surface area (Å²) < 4.78 is 0. The number of hydrogen-bond donors (Lipinski definition) is 4. The van der Waals surface area contributed by atoms with Crippen molar-refractivity contribution in [3.63, 3.8) is 0 Å². The standard InChI is InChI=1S/C7H6O3.C5H9NO2/c8-6-3-1-2-5(4-6)7(9)10;7-5(8)4-2-1-3-6-4/h1-4,8H,(H,9,10);4,6H,1-3H2,(H,7,8). The summed E-state index contributed by atoms with van der Waals surface area (Å²) in [5.41, 5.74) is 0.0972. The molecule has 98 valence electrons. The lowest BCUT2D eigenvalue weighted by atomic mass is 10.2. The van der Waals surface area contributed by atoms with Crippen LogP contribution in [-0.4, -0.2) is 39.8 Å². The highest BCUT2D eigenvalue weighted by molar-refractivity contribution is 5.87. The normalized spacial score (nSPS) is 17.7. The molecule has 0 spiro atoms. The molecule has 6 heteroatoms. The van der Waals surface area contributed by atoms with Gasteiger partial charge in [-0.05, 0) is 37.6 Å². The van der Waals surface area contributed by atoms with Crippen LogP contribution in [0.15, 0.2) is 24.3 Å². The minimum absolute atomic E-state index is 0.0279. The fraction of sp³-hybridized carbons (Fsp3) is 0.333. The molecule has 1 saturated heterocycles. The maximum Gasteiger partial charge on any atom is 0.335 e. The van der Waals surface area contributed by atoms with Gasteiger partial charge in [0.25, 0.3) is 0 Å². The van der Waals surface area contributed by atoms with Crippen molar-refractivity contribution >= 4 is 11.9 Å². The Morgan fingerprint density at radius 1 is 1.28 bits per heavy atom. The summed E-state index contributed by atoms with van der Waals surface area (Å²) in [6.07, 6.45) is 1.78. The molecule has 18 heavy (non-hydrogen) atoms. The van der Waals surface area contributed by atoms with Gasteiger partial charge in [-0.1, -0.05) is 6.07 Å². The number of aromatic hydroxyl groups is 1. The second kappa shape index (κ2) is 6.61. The van der Waals surface area contributed by atoms with Crippen LogP contribution in [0.1, 0.15) is 23.2 Å². The van der Waals surface area contributed by atoms with Gasteiger partial charge in [-0.3, -0.25) is 4.79 Å². The summed E-state index contributed by atoms with van der Waals surface area (Å²) in [6.45, 7) is 0.858. The Morgan fingerprint density at radius 2 is 2.00 bits per heavy atom. The molecule has 1 aromatic rings. The summed E-state index contributed by atoms with van der Waals surface area (Å²) in [7, 11) is 0. The minimum atomic E-state index is -1.03. The third-order valence-electron chi connectivity index (χ3n) is 2.45. The summed E-state index contributed by atoms with van der Waals surface area (Å²) in [5.74, 6) is -1.78. The van der Waals surface area contributed by atoms with Gasteiger partial charge in [0.2, 0.25) is 0 Å². The van der Waals surface area contributed by atoms with Crippen LogP contribution in [-0.2, 0) is 4.79 Å².